The highest BCUT2D eigenvalue weighted by atomic mass is 16.2. The Kier molecular flexibility index (Phi) is 5.56. The van der Waals surface area contributed by atoms with E-state index in [0.717, 1.165) is 43.6 Å². The Labute approximate surface area is 172 Å². The Balaban J connectivity index is 1.57. The normalized spacial score (nSPS) is 18.7. The molecule has 2 aliphatic rings. The molecule has 0 radical (unpaired) electrons. The molecule has 0 spiro atoms. The SMILES string of the molecule is CCN1c2cc(C(=O)NCc3ccc(C)cc3)ccc2C(=O)N2CCCCC[C@@H]21. The van der Waals surface area contributed by atoms with E-state index in [1.807, 2.05) is 48.2 Å². The van der Waals surface area contributed by atoms with Crippen LogP contribution in [0.15, 0.2) is 42.5 Å². The zero-order valence-corrected chi connectivity index (χ0v) is 17.3. The van der Waals surface area contributed by atoms with Gasteiger partial charge in [-0.15, -0.1) is 0 Å². The highest BCUT2D eigenvalue weighted by Gasteiger charge is 2.37. The minimum atomic E-state index is -0.111. The van der Waals surface area contributed by atoms with Gasteiger partial charge < -0.3 is 15.1 Å². The largest absolute Gasteiger partial charge is 0.351 e. The third-order valence-electron chi connectivity index (χ3n) is 6.06. The van der Waals surface area contributed by atoms with Crippen molar-refractivity contribution < 1.29 is 9.59 Å². The molecule has 2 aromatic carbocycles. The summed E-state index contributed by atoms with van der Waals surface area (Å²) in [6, 6.07) is 13.6. The van der Waals surface area contributed by atoms with Gasteiger partial charge in [-0.25, -0.2) is 0 Å². The van der Waals surface area contributed by atoms with E-state index >= 15 is 0 Å². The number of carbonyl (C=O) groups is 2. The van der Waals surface area contributed by atoms with Crippen LogP contribution in [0.1, 0.15) is 64.4 Å². The second-order valence-corrected chi connectivity index (χ2v) is 8.01. The first-order valence-corrected chi connectivity index (χ1v) is 10.6. The molecule has 0 unspecified atom stereocenters. The van der Waals surface area contributed by atoms with Crippen LogP contribution in [-0.2, 0) is 6.54 Å². The Morgan fingerprint density at radius 2 is 1.90 bits per heavy atom. The number of hydrogen-bond acceptors (Lipinski definition) is 3. The van der Waals surface area contributed by atoms with E-state index in [2.05, 4.69) is 17.1 Å². The van der Waals surface area contributed by atoms with Gasteiger partial charge in [0, 0.05) is 25.2 Å². The molecule has 1 saturated heterocycles. The van der Waals surface area contributed by atoms with Crippen LogP contribution in [0.4, 0.5) is 5.69 Å². The summed E-state index contributed by atoms with van der Waals surface area (Å²) in [7, 11) is 0. The van der Waals surface area contributed by atoms with Crippen molar-refractivity contribution in [2.45, 2.75) is 52.2 Å². The van der Waals surface area contributed by atoms with Crippen LogP contribution in [0.2, 0.25) is 0 Å². The average Bonchev–Trinajstić information content (AvgIpc) is 2.99. The van der Waals surface area contributed by atoms with Crippen LogP contribution >= 0.6 is 0 Å². The lowest BCUT2D eigenvalue weighted by Crippen LogP contribution is -2.55. The van der Waals surface area contributed by atoms with Gasteiger partial charge in [0.05, 0.1) is 11.3 Å². The Morgan fingerprint density at radius 3 is 2.66 bits per heavy atom. The number of rotatable bonds is 4. The molecule has 2 aromatic rings. The van der Waals surface area contributed by atoms with E-state index in [4.69, 9.17) is 0 Å². The fraction of sp³-hybridized carbons (Fsp3) is 0.417. The van der Waals surface area contributed by atoms with E-state index < -0.39 is 0 Å². The maximum Gasteiger partial charge on any atom is 0.257 e. The van der Waals surface area contributed by atoms with Crippen LogP contribution in [0, 0.1) is 6.92 Å². The second kappa shape index (κ2) is 8.27. The molecule has 5 heteroatoms. The molecular formula is C24H29N3O2. The molecule has 5 nitrogen and oxygen atoms in total. The zero-order valence-electron chi connectivity index (χ0n) is 17.3. The number of amides is 2. The Hall–Kier alpha value is -2.82. The highest BCUT2D eigenvalue weighted by molar-refractivity contribution is 6.04. The van der Waals surface area contributed by atoms with E-state index in [9.17, 15) is 9.59 Å². The standard InChI is InChI=1S/C24H29N3O2/c1-3-26-21-15-19(23(28)25-16-18-10-8-17(2)9-11-18)12-13-20(21)24(29)27-14-6-4-5-7-22(26)27/h8-13,15,22H,3-7,14,16H2,1-2H3,(H,25,28)/t22-/m1/s1. The second-order valence-electron chi connectivity index (χ2n) is 8.01. The molecule has 1 fully saturated rings. The maximum absolute atomic E-state index is 13.1. The molecule has 152 valence electrons. The van der Waals surface area contributed by atoms with Crippen LogP contribution in [0.25, 0.3) is 0 Å². The Bertz CT molecular complexity index is 907. The minimum absolute atomic E-state index is 0.100. The van der Waals surface area contributed by atoms with E-state index in [-0.39, 0.29) is 18.0 Å². The molecule has 0 aromatic heterocycles. The molecule has 0 saturated carbocycles. The van der Waals surface area contributed by atoms with Crippen LogP contribution in [0.5, 0.6) is 0 Å². The van der Waals surface area contributed by atoms with Crippen molar-refractivity contribution in [1.82, 2.24) is 10.2 Å². The predicted octanol–water partition coefficient (Wildman–Crippen LogP) is 4.11. The summed E-state index contributed by atoms with van der Waals surface area (Å²) < 4.78 is 0. The van der Waals surface area contributed by atoms with Gasteiger partial charge in [0.1, 0.15) is 6.17 Å². The molecule has 2 heterocycles. The van der Waals surface area contributed by atoms with Gasteiger partial charge in [0.2, 0.25) is 0 Å². The molecule has 1 N–H and O–H groups in total. The lowest BCUT2D eigenvalue weighted by Gasteiger charge is -2.44. The zero-order chi connectivity index (χ0) is 20.4. The first kappa shape index (κ1) is 19.5. The lowest BCUT2D eigenvalue weighted by atomic mass is 10.0. The van der Waals surface area contributed by atoms with Gasteiger partial charge in [-0.1, -0.05) is 36.2 Å². The number of anilines is 1. The van der Waals surface area contributed by atoms with Crippen molar-refractivity contribution in [2.24, 2.45) is 0 Å². The van der Waals surface area contributed by atoms with E-state index in [0.29, 0.717) is 17.7 Å². The van der Waals surface area contributed by atoms with Crippen LogP contribution < -0.4 is 10.2 Å². The van der Waals surface area contributed by atoms with Crippen molar-refractivity contribution in [1.29, 1.82) is 0 Å². The first-order chi connectivity index (χ1) is 14.1. The van der Waals surface area contributed by atoms with Gasteiger partial charge in [-0.3, -0.25) is 9.59 Å². The highest BCUT2D eigenvalue weighted by Crippen LogP contribution is 2.35. The van der Waals surface area contributed by atoms with E-state index in [1.54, 1.807) is 6.07 Å². The molecular weight excluding hydrogens is 362 g/mol. The van der Waals surface area contributed by atoms with Crippen molar-refractivity contribution in [2.75, 3.05) is 18.0 Å². The first-order valence-electron chi connectivity index (χ1n) is 10.6. The average molecular weight is 392 g/mol. The summed E-state index contributed by atoms with van der Waals surface area (Å²) in [5.74, 6) is -0.0108. The fourth-order valence-corrected chi connectivity index (χ4v) is 4.43. The van der Waals surface area contributed by atoms with Crippen molar-refractivity contribution in [3.05, 3.63) is 64.7 Å². The molecule has 0 aliphatic carbocycles. The van der Waals surface area contributed by atoms with Crippen LogP contribution in [-0.4, -0.2) is 36.0 Å². The van der Waals surface area contributed by atoms with Gasteiger partial charge in [0.25, 0.3) is 11.8 Å². The number of nitrogens with zero attached hydrogens (tertiary/aromatic N) is 2. The third-order valence-corrected chi connectivity index (χ3v) is 6.06. The number of fused-ring (bicyclic) bond motifs is 2. The summed E-state index contributed by atoms with van der Waals surface area (Å²) in [6.07, 6.45) is 4.46. The van der Waals surface area contributed by atoms with Gasteiger partial charge >= 0.3 is 0 Å². The monoisotopic (exact) mass is 391 g/mol. The number of carbonyl (C=O) groups excluding carboxylic acids is 2. The van der Waals surface area contributed by atoms with E-state index in [1.165, 1.54) is 12.0 Å². The lowest BCUT2D eigenvalue weighted by molar-refractivity contribution is 0.0656. The number of aryl methyl sites for hydroxylation is 1. The van der Waals surface area contributed by atoms with Gasteiger partial charge in [-0.05, 0) is 56.9 Å². The topological polar surface area (TPSA) is 52.7 Å². The molecule has 2 aliphatic heterocycles. The predicted molar refractivity (Wildman–Crippen MR) is 115 cm³/mol. The van der Waals surface area contributed by atoms with Gasteiger partial charge in [0.15, 0.2) is 0 Å². The molecule has 0 bridgehead atoms. The smallest absolute Gasteiger partial charge is 0.257 e. The number of benzene rings is 2. The summed E-state index contributed by atoms with van der Waals surface area (Å²) in [5, 5.41) is 3.00. The molecule has 4 rings (SSSR count). The quantitative estimate of drug-likeness (QED) is 0.853. The van der Waals surface area contributed by atoms with Gasteiger partial charge in [-0.2, -0.15) is 0 Å². The number of nitrogens with one attached hydrogen (secondary N) is 1. The maximum atomic E-state index is 13.1. The summed E-state index contributed by atoms with van der Waals surface area (Å²) in [5.41, 5.74) is 4.47. The Morgan fingerprint density at radius 1 is 1.10 bits per heavy atom. The number of hydrogen-bond donors (Lipinski definition) is 1. The summed E-state index contributed by atoms with van der Waals surface area (Å²) >= 11 is 0. The summed E-state index contributed by atoms with van der Waals surface area (Å²) in [6.45, 7) is 6.29. The third kappa shape index (κ3) is 3.86. The van der Waals surface area contributed by atoms with Crippen molar-refractivity contribution in [3.63, 3.8) is 0 Å². The minimum Gasteiger partial charge on any atom is -0.351 e. The molecule has 1 atom stereocenters. The summed E-state index contributed by atoms with van der Waals surface area (Å²) in [4.78, 5) is 30.2. The van der Waals surface area contributed by atoms with Crippen molar-refractivity contribution >= 4 is 17.5 Å². The van der Waals surface area contributed by atoms with Crippen molar-refractivity contribution in [3.8, 4) is 0 Å². The fourth-order valence-electron chi connectivity index (χ4n) is 4.43. The van der Waals surface area contributed by atoms with Crippen LogP contribution in [0.3, 0.4) is 0 Å². The molecule has 29 heavy (non-hydrogen) atoms. The molecule has 2 amide bonds.